The van der Waals surface area contributed by atoms with Crippen LogP contribution in [0.15, 0.2) is 42.5 Å². The topological polar surface area (TPSA) is 26.3 Å². The van der Waals surface area contributed by atoms with Crippen molar-refractivity contribution >= 4 is 5.97 Å². The summed E-state index contributed by atoms with van der Waals surface area (Å²) in [6.45, 7) is 4.42. The summed E-state index contributed by atoms with van der Waals surface area (Å²) in [4.78, 5) is 11.9. The molecule has 1 atom stereocenters. The number of unbranched alkanes of at least 4 members (excludes halogenated alkanes) is 7. The van der Waals surface area contributed by atoms with Crippen molar-refractivity contribution in [3.63, 3.8) is 0 Å². The van der Waals surface area contributed by atoms with Crippen LogP contribution in [0.2, 0.25) is 0 Å². The molecule has 1 unspecified atom stereocenters. The number of aryl methyl sites for hydroxylation is 1. The smallest absolute Gasteiger partial charge is 0.311 e. The minimum absolute atomic E-state index is 0.129. The summed E-state index contributed by atoms with van der Waals surface area (Å²) in [7, 11) is 0. The molecule has 0 fully saturated rings. The van der Waals surface area contributed by atoms with E-state index in [4.69, 9.17) is 4.74 Å². The van der Waals surface area contributed by atoms with E-state index in [1.54, 1.807) is 5.56 Å². The van der Waals surface area contributed by atoms with Crippen LogP contribution in [0.5, 0.6) is 5.75 Å². The average molecular weight is 435 g/mol. The Labute approximate surface area is 195 Å². The largest absolute Gasteiger partial charge is 0.427 e. The van der Waals surface area contributed by atoms with Gasteiger partial charge in [0, 0.05) is 6.42 Å². The number of hydrogen-bond acceptors (Lipinski definition) is 2. The van der Waals surface area contributed by atoms with E-state index in [1.807, 2.05) is 12.1 Å². The normalized spacial score (nSPS) is 15.4. The Kier molecular flexibility index (Phi) is 10.3. The lowest BCUT2D eigenvalue weighted by Gasteiger charge is -2.25. The highest BCUT2D eigenvalue weighted by molar-refractivity contribution is 5.73. The molecular weight excluding hydrogens is 392 g/mol. The lowest BCUT2D eigenvalue weighted by Crippen LogP contribution is -2.14. The molecular formula is C30H42O2. The Morgan fingerprint density at radius 3 is 2.28 bits per heavy atom. The highest BCUT2D eigenvalue weighted by Gasteiger charge is 2.19. The monoisotopic (exact) mass is 434 g/mol. The summed E-state index contributed by atoms with van der Waals surface area (Å²) >= 11 is 0. The lowest BCUT2D eigenvalue weighted by molar-refractivity contribution is -0.134. The third-order valence-electron chi connectivity index (χ3n) is 6.91. The summed E-state index contributed by atoms with van der Waals surface area (Å²) in [6, 6.07) is 15.0. The van der Waals surface area contributed by atoms with Crippen LogP contribution in [0.25, 0.3) is 11.1 Å². The number of fused-ring (bicyclic) bond motifs is 1. The standard InChI is InChI=1S/C30H42O2/c1-3-5-7-8-9-11-12-24-14-15-28-23-27(17-16-26(28)22-24)25-18-20-29(21-19-25)32-30(31)13-10-6-4-2/h16-21,23-24H,3-15,22H2,1-2H3. The first-order chi connectivity index (χ1) is 15.7. The molecule has 0 saturated heterocycles. The van der Waals surface area contributed by atoms with Gasteiger partial charge in [-0.2, -0.15) is 0 Å². The Balaban J connectivity index is 1.49. The van der Waals surface area contributed by atoms with Gasteiger partial charge in [0.25, 0.3) is 0 Å². The Morgan fingerprint density at radius 1 is 0.812 bits per heavy atom. The first kappa shape index (κ1) is 24.6. The number of ether oxygens (including phenoxy) is 1. The van der Waals surface area contributed by atoms with Gasteiger partial charge in [0.1, 0.15) is 5.75 Å². The molecule has 0 saturated carbocycles. The van der Waals surface area contributed by atoms with Crippen LogP contribution >= 0.6 is 0 Å². The summed E-state index contributed by atoms with van der Waals surface area (Å²) in [5.41, 5.74) is 5.52. The molecule has 1 aliphatic carbocycles. The number of carbonyl (C=O) groups is 1. The van der Waals surface area contributed by atoms with Crippen molar-refractivity contribution in [1.82, 2.24) is 0 Å². The van der Waals surface area contributed by atoms with E-state index in [9.17, 15) is 4.79 Å². The first-order valence-corrected chi connectivity index (χ1v) is 13.1. The van der Waals surface area contributed by atoms with E-state index in [0.29, 0.717) is 12.2 Å². The maximum atomic E-state index is 11.9. The van der Waals surface area contributed by atoms with Crippen LogP contribution < -0.4 is 4.74 Å². The van der Waals surface area contributed by atoms with Gasteiger partial charge in [-0.15, -0.1) is 0 Å². The summed E-state index contributed by atoms with van der Waals surface area (Å²) < 4.78 is 5.47. The molecule has 0 radical (unpaired) electrons. The molecule has 3 rings (SSSR count). The second-order valence-electron chi connectivity index (χ2n) is 9.60. The SMILES string of the molecule is CCCCCCCCC1CCc2cc(-c3ccc(OC(=O)CCCCC)cc3)ccc2C1. The zero-order valence-corrected chi connectivity index (χ0v) is 20.3. The summed E-state index contributed by atoms with van der Waals surface area (Å²) in [6.07, 6.45) is 17.1. The van der Waals surface area contributed by atoms with Crippen molar-refractivity contribution in [2.24, 2.45) is 5.92 Å². The zero-order chi connectivity index (χ0) is 22.6. The first-order valence-electron chi connectivity index (χ1n) is 13.1. The Morgan fingerprint density at radius 2 is 1.50 bits per heavy atom. The fraction of sp³-hybridized carbons (Fsp3) is 0.567. The van der Waals surface area contributed by atoms with Gasteiger partial charge in [-0.25, -0.2) is 0 Å². The molecule has 2 aromatic rings. The molecule has 0 spiro atoms. The highest BCUT2D eigenvalue weighted by Crippen LogP contribution is 2.32. The number of benzene rings is 2. The van der Waals surface area contributed by atoms with E-state index in [2.05, 4.69) is 44.2 Å². The van der Waals surface area contributed by atoms with Gasteiger partial charge in [-0.3, -0.25) is 4.79 Å². The lowest BCUT2D eigenvalue weighted by atomic mass is 9.80. The summed E-state index contributed by atoms with van der Waals surface area (Å²) in [5.74, 6) is 1.38. The van der Waals surface area contributed by atoms with Gasteiger partial charge in [-0.1, -0.05) is 102 Å². The molecule has 1 aliphatic rings. The van der Waals surface area contributed by atoms with Gasteiger partial charge in [-0.05, 0) is 66.0 Å². The second kappa shape index (κ2) is 13.5. The second-order valence-corrected chi connectivity index (χ2v) is 9.60. The third kappa shape index (κ3) is 7.80. The Hall–Kier alpha value is -2.09. The van der Waals surface area contributed by atoms with Crippen LogP contribution in [-0.4, -0.2) is 5.97 Å². The van der Waals surface area contributed by atoms with Gasteiger partial charge >= 0.3 is 5.97 Å². The quantitative estimate of drug-likeness (QED) is 0.179. The molecule has 32 heavy (non-hydrogen) atoms. The summed E-state index contributed by atoms with van der Waals surface area (Å²) in [5, 5.41) is 0. The van der Waals surface area contributed by atoms with Crippen LogP contribution in [-0.2, 0) is 17.6 Å². The molecule has 0 amide bonds. The predicted octanol–water partition coefficient (Wildman–Crippen LogP) is 8.69. The Bertz CT molecular complexity index is 821. The molecule has 0 aliphatic heterocycles. The molecule has 0 bridgehead atoms. The van der Waals surface area contributed by atoms with Gasteiger partial charge < -0.3 is 4.74 Å². The molecule has 2 nitrogen and oxygen atoms in total. The fourth-order valence-electron chi connectivity index (χ4n) is 4.89. The number of hydrogen-bond donors (Lipinski definition) is 0. The number of carbonyl (C=O) groups excluding carboxylic acids is 1. The molecule has 2 heteroatoms. The van der Waals surface area contributed by atoms with Gasteiger partial charge in [0.2, 0.25) is 0 Å². The van der Waals surface area contributed by atoms with E-state index < -0.39 is 0 Å². The zero-order valence-electron chi connectivity index (χ0n) is 20.3. The minimum Gasteiger partial charge on any atom is -0.427 e. The van der Waals surface area contributed by atoms with E-state index in [1.165, 1.54) is 80.9 Å². The third-order valence-corrected chi connectivity index (χ3v) is 6.91. The number of esters is 1. The fourth-order valence-corrected chi connectivity index (χ4v) is 4.89. The maximum Gasteiger partial charge on any atom is 0.311 e. The van der Waals surface area contributed by atoms with Crippen LogP contribution in [0.1, 0.15) is 102 Å². The number of rotatable bonds is 13. The van der Waals surface area contributed by atoms with E-state index >= 15 is 0 Å². The van der Waals surface area contributed by atoms with Crippen LogP contribution in [0.3, 0.4) is 0 Å². The van der Waals surface area contributed by atoms with Crippen molar-refractivity contribution in [1.29, 1.82) is 0 Å². The van der Waals surface area contributed by atoms with Gasteiger partial charge in [0.05, 0.1) is 0 Å². The van der Waals surface area contributed by atoms with Gasteiger partial charge in [0.15, 0.2) is 0 Å². The van der Waals surface area contributed by atoms with Crippen molar-refractivity contribution in [3.05, 3.63) is 53.6 Å². The molecule has 0 aromatic heterocycles. The van der Waals surface area contributed by atoms with Crippen LogP contribution in [0, 0.1) is 5.92 Å². The molecule has 2 aromatic carbocycles. The maximum absolute atomic E-state index is 11.9. The average Bonchev–Trinajstić information content (AvgIpc) is 2.81. The predicted molar refractivity (Wildman–Crippen MR) is 135 cm³/mol. The van der Waals surface area contributed by atoms with Crippen molar-refractivity contribution in [2.45, 2.75) is 104 Å². The van der Waals surface area contributed by atoms with Crippen molar-refractivity contribution < 1.29 is 9.53 Å². The van der Waals surface area contributed by atoms with Crippen molar-refractivity contribution in [2.75, 3.05) is 0 Å². The highest BCUT2D eigenvalue weighted by atomic mass is 16.5. The molecule has 0 N–H and O–H groups in total. The van der Waals surface area contributed by atoms with E-state index in [0.717, 1.165) is 25.2 Å². The van der Waals surface area contributed by atoms with E-state index in [-0.39, 0.29) is 5.97 Å². The molecule has 174 valence electrons. The minimum atomic E-state index is -0.129. The van der Waals surface area contributed by atoms with Crippen molar-refractivity contribution in [3.8, 4) is 16.9 Å². The van der Waals surface area contributed by atoms with Crippen LogP contribution in [0.4, 0.5) is 0 Å². The molecule has 0 heterocycles.